The maximum atomic E-state index is 13.7. The second-order valence-corrected chi connectivity index (χ2v) is 3.48. The number of hydrogen-bond acceptors (Lipinski definition) is 5. The summed E-state index contributed by atoms with van der Waals surface area (Å²) in [5.41, 5.74) is 0.169. The topological polar surface area (TPSA) is 70.8 Å². The average Bonchev–Trinajstić information content (AvgIpc) is 2.53. The van der Waals surface area contributed by atoms with Gasteiger partial charge in [-0.15, -0.1) is 0 Å². The summed E-state index contributed by atoms with van der Waals surface area (Å²) in [6, 6.07) is 5.57. The van der Waals surface area contributed by atoms with Crippen molar-refractivity contribution in [2.75, 3.05) is 12.4 Å². The Bertz CT molecular complexity index is 656. The SMILES string of the molecule is CC.COc1ncnc(Nc2ccc(C#N)cc2F)c1F. The lowest BCUT2D eigenvalue weighted by molar-refractivity contribution is 0.368. The highest BCUT2D eigenvalue weighted by molar-refractivity contribution is 5.59. The Balaban J connectivity index is 0.00000106. The van der Waals surface area contributed by atoms with Crippen LogP contribution in [0.15, 0.2) is 24.5 Å². The normalized spacial score (nSPS) is 9.14. The van der Waals surface area contributed by atoms with Crippen molar-refractivity contribution in [1.82, 2.24) is 9.97 Å². The van der Waals surface area contributed by atoms with Gasteiger partial charge < -0.3 is 10.1 Å². The van der Waals surface area contributed by atoms with Crippen molar-refractivity contribution in [3.63, 3.8) is 0 Å². The van der Waals surface area contributed by atoms with Crippen LogP contribution in [0.25, 0.3) is 0 Å². The molecule has 110 valence electrons. The molecule has 5 nitrogen and oxygen atoms in total. The van der Waals surface area contributed by atoms with E-state index in [-0.39, 0.29) is 22.9 Å². The van der Waals surface area contributed by atoms with Crippen molar-refractivity contribution < 1.29 is 13.5 Å². The maximum absolute atomic E-state index is 13.7. The zero-order chi connectivity index (χ0) is 15.8. The van der Waals surface area contributed by atoms with Gasteiger partial charge >= 0.3 is 0 Å². The standard InChI is InChI=1S/C12H8F2N4O.C2H6/c1-19-12-10(14)11(16-6-17-12)18-9-3-2-7(5-15)4-8(9)13;1-2/h2-4,6H,1H3,(H,16,17,18);1-2H3. The van der Waals surface area contributed by atoms with Crippen LogP contribution in [-0.2, 0) is 0 Å². The number of anilines is 2. The summed E-state index contributed by atoms with van der Waals surface area (Å²) in [6.45, 7) is 4.00. The number of hydrogen-bond donors (Lipinski definition) is 1. The van der Waals surface area contributed by atoms with E-state index < -0.39 is 11.6 Å². The summed E-state index contributed by atoms with van der Waals surface area (Å²) < 4.78 is 32.1. The molecule has 0 saturated carbocycles. The van der Waals surface area contributed by atoms with Crippen molar-refractivity contribution >= 4 is 11.5 Å². The fourth-order valence-electron chi connectivity index (χ4n) is 1.40. The van der Waals surface area contributed by atoms with E-state index in [4.69, 9.17) is 5.26 Å². The first kappa shape index (κ1) is 16.3. The lowest BCUT2D eigenvalue weighted by Gasteiger charge is -2.09. The number of halogens is 2. The predicted molar refractivity (Wildman–Crippen MR) is 74.3 cm³/mol. The monoisotopic (exact) mass is 292 g/mol. The quantitative estimate of drug-likeness (QED) is 0.938. The van der Waals surface area contributed by atoms with Gasteiger partial charge in [-0.2, -0.15) is 14.6 Å². The van der Waals surface area contributed by atoms with Gasteiger partial charge in [-0.1, -0.05) is 13.8 Å². The van der Waals surface area contributed by atoms with Crippen LogP contribution in [0.5, 0.6) is 5.88 Å². The summed E-state index contributed by atoms with van der Waals surface area (Å²) in [7, 11) is 1.26. The zero-order valence-electron chi connectivity index (χ0n) is 11.8. The lowest BCUT2D eigenvalue weighted by atomic mass is 10.2. The molecule has 0 amide bonds. The maximum Gasteiger partial charge on any atom is 0.255 e. The van der Waals surface area contributed by atoms with Gasteiger partial charge in [-0.05, 0) is 18.2 Å². The number of rotatable bonds is 3. The largest absolute Gasteiger partial charge is 0.479 e. The highest BCUT2D eigenvalue weighted by Crippen LogP contribution is 2.24. The second-order valence-electron chi connectivity index (χ2n) is 3.48. The van der Waals surface area contributed by atoms with E-state index in [0.717, 1.165) is 12.4 Å². The molecule has 0 aliphatic carbocycles. The molecular formula is C14H14F2N4O. The predicted octanol–water partition coefficient (Wildman–Crippen LogP) is 3.40. The molecule has 7 heteroatoms. The van der Waals surface area contributed by atoms with Gasteiger partial charge in [0.15, 0.2) is 5.82 Å². The highest BCUT2D eigenvalue weighted by Gasteiger charge is 2.13. The Labute approximate surface area is 121 Å². The molecule has 0 spiro atoms. The number of nitriles is 1. The molecule has 0 bridgehead atoms. The molecule has 0 aliphatic heterocycles. The third-order valence-electron chi connectivity index (χ3n) is 2.30. The Hall–Kier alpha value is -2.75. The molecule has 0 saturated heterocycles. The van der Waals surface area contributed by atoms with Gasteiger partial charge in [0.25, 0.3) is 5.88 Å². The fraction of sp³-hybridized carbons (Fsp3) is 0.214. The molecule has 0 unspecified atom stereocenters. The number of ether oxygens (including phenoxy) is 1. The van der Waals surface area contributed by atoms with Gasteiger partial charge in [-0.3, -0.25) is 0 Å². The molecule has 0 radical (unpaired) electrons. The minimum atomic E-state index is -0.825. The van der Waals surface area contributed by atoms with Gasteiger partial charge in [0.1, 0.15) is 12.1 Å². The zero-order valence-corrected chi connectivity index (χ0v) is 11.8. The summed E-state index contributed by atoms with van der Waals surface area (Å²) in [5.74, 6) is -1.97. The summed E-state index contributed by atoms with van der Waals surface area (Å²) in [6.07, 6.45) is 1.09. The van der Waals surface area contributed by atoms with Crippen LogP contribution >= 0.6 is 0 Å². The summed E-state index contributed by atoms with van der Waals surface area (Å²) >= 11 is 0. The lowest BCUT2D eigenvalue weighted by Crippen LogP contribution is -2.02. The molecule has 1 aromatic heterocycles. The fourth-order valence-corrected chi connectivity index (χ4v) is 1.40. The Morgan fingerprint density at radius 3 is 2.52 bits per heavy atom. The number of nitrogens with one attached hydrogen (secondary N) is 1. The minimum Gasteiger partial charge on any atom is -0.479 e. The van der Waals surface area contributed by atoms with Gasteiger partial charge in [0, 0.05) is 0 Å². The molecule has 2 rings (SSSR count). The highest BCUT2D eigenvalue weighted by atomic mass is 19.1. The first-order chi connectivity index (χ1) is 10.2. The number of benzene rings is 1. The molecule has 0 fully saturated rings. The first-order valence-electron chi connectivity index (χ1n) is 6.17. The number of aromatic nitrogens is 2. The summed E-state index contributed by atoms with van der Waals surface area (Å²) in [4.78, 5) is 7.22. The van der Waals surface area contributed by atoms with Crippen LogP contribution in [0.4, 0.5) is 20.3 Å². The Kier molecular flexibility index (Phi) is 6.01. The first-order valence-corrected chi connectivity index (χ1v) is 6.17. The van der Waals surface area contributed by atoms with Gasteiger partial charge in [0.05, 0.1) is 24.4 Å². The Morgan fingerprint density at radius 1 is 1.24 bits per heavy atom. The van der Waals surface area contributed by atoms with Crippen LogP contribution in [-0.4, -0.2) is 17.1 Å². The van der Waals surface area contributed by atoms with Crippen molar-refractivity contribution in [1.29, 1.82) is 5.26 Å². The van der Waals surface area contributed by atoms with Crippen LogP contribution < -0.4 is 10.1 Å². The van der Waals surface area contributed by atoms with Crippen molar-refractivity contribution in [3.8, 4) is 11.9 Å². The van der Waals surface area contributed by atoms with Crippen LogP contribution in [0.3, 0.4) is 0 Å². The molecule has 0 aliphatic rings. The third kappa shape index (κ3) is 3.86. The molecule has 21 heavy (non-hydrogen) atoms. The third-order valence-corrected chi connectivity index (χ3v) is 2.30. The van der Waals surface area contributed by atoms with Crippen LogP contribution in [0, 0.1) is 23.0 Å². The molecule has 0 atom stereocenters. The minimum absolute atomic E-state index is 0.00125. The number of nitrogens with zero attached hydrogens (tertiary/aromatic N) is 3. The van der Waals surface area contributed by atoms with E-state index in [1.165, 1.54) is 19.2 Å². The molecule has 2 aromatic rings. The van der Waals surface area contributed by atoms with E-state index in [9.17, 15) is 8.78 Å². The number of methoxy groups -OCH3 is 1. The van der Waals surface area contributed by atoms with Crippen molar-refractivity contribution in [2.45, 2.75) is 13.8 Å². The van der Waals surface area contributed by atoms with Crippen LogP contribution in [0.2, 0.25) is 0 Å². The van der Waals surface area contributed by atoms with Gasteiger partial charge in [-0.25, -0.2) is 9.37 Å². The van der Waals surface area contributed by atoms with E-state index in [1.54, 1.807) is 6.07 Å². The van der Waals surface area contributed by atoms with Gasteiger partial charge in [0.2, 0.25) is 5.82 Å². The molecule has 1 heterocycles. The smallest absolute Gasteiger partial charge is 0.255 e. The van der Waals surface area contributed by atoms with Crippen molar-refractivity contribution in [2.24, 2.45) is 0 Å². The van der Waals surface area contributed by atoms with E-state index >= 15 is 0 Å². The Morgan fingerprint density at radius 2 is 1.95 bits per heavy atom. The average molecular weight is 292 g/mol. The molecular weight excluding hydrogens is 278 g/mol. The second kappa shape index (κ2) is 7.75. The van der Waals surface area contributed by atoms with E-state index in [1.807, 2.05) is 13.8 Å². The van der Waals surface area contributed by atoms with E-state index in [0.29, 0.717) is 0 Å². The van der Waals surface area contributed by atoms with Crippen molar-refractivity contribution in [3.05, 3.63) is 41.7 Å². The van der Waals surface area contributed by atoms with Crippen LogP contribution in [0.1, 0.15) is 19.4 Å². The molecule has 1 N–H and O–H groups in total. The van der Waals surface area contributed by atoms with E-state index in [2.05, 4.69) is 20.0 Å². The summed E-state index contributed by atoms with van der Waals surface area (Å²) in [5, 5.41) is 11.1. The molecule has 1 aromatic carbocycles.